The Kier molecular flexibility index (Phi) is 2.53. The smallest absolute Gasteiger partial charge is 0.438 e. The molecular weight excluding hydrogens is 237 g/mol. The molecule has 0 atom stereocenters. The van der Waals surface area contributed by atoms with Crippen molar-refractivity contribution >= 4 is 11.0 Å². The van der Waals surface area contributed by atoms with E-state index >= 15 is 0 Å². The van der Waals surface area contributed by atoms with Gasteiger partial charge in [-0.15, -0.1) is 0 Å². The highest BCUT2D eigenvalue weighted by Gasteiger charge is 2.36. The van der Waals surface area contributed by atoms with Gasteiger partial charge in [-0.1, -0.05) is 0 Å². The molecule has 0 unspecified atom stereocenters. The topological polar surface area (TPSA) is 55.0 Å². The fourth-order valence-electron chi connectivity index (χ4n) is 1.38. The molecule has 1 N–H and O–H groups in total. The second kappa shape index (κ2) is 3.76. The van der Waals surface area contributed by atoms with Gasteiger partial charge in [-0.3, -0.25) is 4.79 Å². The lowest BCUT2D eigenvalue weighted by Crippen LogP contribution is -2.23. The van der Waals surface area contributed by atoms with E-state index in [4.69, 9.17) is 4.74 Å². The number of hydrogen-bond donors (Lipinski definition) is 1. The largest absolute Gasteiger partial charge is 0.497 e. The number of benzene rings is 1. The Bertz CT molecular complexity index is 619. The van der Waals surface area contributed by atoms with E-state index in [0.717, 1.165) is 0 Å². The highest BCUT2D eigenvalue weighted by atomic mass is 19.4. The van der Waals surface area contributed by atoms with Gasteiger partial charge in [-0.25, -0.2) is 4.98 Å². The summed E-state index contributed by atoms with van der Waals surface area (Å²) in [7, 11) is 1.39. The maximum absolute atomic E-state index is 12.4. The number of aromatic nitrogens is 2. The zero-order valence-electron chi connectivity index (χ0n) is 8.63. The molecule has 0 aliphatic heterocycles. The molecule has 2 aromatic rings. The molecule has 0 saturated heterocycles. The minimum Gasteiger partial charge on any atom is -0.497 e. The van der Waals surface area contributed by atoms with Crippen molar-refractivity contribution in [1.82, 2.24) is 9.97 Å². The molecule has 1 aromatic carbocycles. The first-order valence-electron chi connectivity index (χ1n) is 4.57. The van der Waals surface area contributed by atoms with E-state index in [1.165, 1.54) is 25.3 Å². The van der Waals surface area contributed by atoms with Gasteiger partial charge in [0.1, 0.15) is 5.75 Å². The van der Waals surface area contributed by atoms with Crippen LogP contribution in [0.2, 0.25) is 0 Å². The molecule has 0 amide bonds. The van der Waals surface area contributed by atoms with Crippen LogP contribution in [0.25, 0.3) is 11.0 Å². The Morgan fingerprint density at radius 2 is 2.06 bits per heavy atom. The molecule has 17 heavy (non-hydrogen) atoms. The zero-order valence-corrected chi connectivity index (χ0v) is 8.63. The first-order chi connectivity index (χ1) is 7.91. The Labute approximate surface area is 93.1 Å². The lowest BCUT2D eigenvalue weighted by molar-refractivity contribution is -0.142. The summed E-state index contributed by atoms with van der Waals surface area (Å²) in [6.45, 7) is 0. The van der Waals surface area contributed by atoms with Gasteiger partial charge in [0.25, 0.3) is 5.56 Å². The van der Waals surface area contributed by atoms with Crippen LogP contribution in [0.5, 0.6) is 5.75 Å². The number of nitrogens with zero attached hydrogens (tertiary/aromatic N) is 1. The molecule has 0 aliphatic carbocycles. The number of methoxy groups -OCH3 is 1. The maximum atomic E-state index is 12.4. The quantitative estimate of drug-likeness (QED) is 0.834. The monoisotopic (exact) mass is 244 g/mol. The van der Waals surface area contributed by atoms with E-state index in [9.17, 15) is 18.0 Å². The number of H-pyrrole nitrogens is 1. The Morgan fingerprint density at radius 3 is 2.65 bits per heavy atom. The van der Waals surface area contributed by atoms with Crippen LogP contribution in [0.4, 0.5) is 13.2 Å². The molecule has 1 heterocycles. The Hall–Kier alpha value is -2.05. The van der Waals surface area contributed by atoms with Gasteiger partial charge in [0, 0.05) is 6.07 Å². The average molecular weight is 244 g/mol. The predicted octanol–water partition coefficient (Wildman–Crippen LogP) is 1.95. The highest BCUT2D eigenvalue weighted by molar-refractivity contribution is 5.75. The van der Waals surface area contributed by atoms with Gasteiger partial charge in [-0.2, -0.15) is 13.2 Å². The van der Waals surface area contributed by atoms with E-state index in [-0.39, 0.29) is 11.0 Å². The fourth-order valence-corrected chi connectivity index (χ4v) is 1.38. The van der Waals surface area contributed by atoms with E-state index in [1.807, 2.05) is 0 Å². The van der Waals surface area contributed by atoms with Gasteiger partial charge in [-0.05, 0) is 12.1 Å². The third-order valence-corrected chi connectivity index (χ3v) is 2.17. The van der Waals surface area contributed by atoms with Crippen molar-refractivity contribution in [3.8, 4) is 5.75 Å². The van der Waals surface area contributed by atoms with E-state index in [1.54, 1.807) is 0 Å². The second-order valence-corrected chi connectivity index (χ2v) is 3.30. The van der Waals surface area contributed by atoms with E-state index < -0.39 is 17.4 Å². The summed E-state index contributed by atoms with van der Waals surface area (Å²) in [5.74, 6) is 0.366. The number of fused-ring (bicyclic) bond motifs is 1. The molecule has 0 fully saturated rings. The van der Waals surface area contributed by atoms with Crippen LogP contribution in [0.1, 0.15) is 5.69 Å². The molecule has 0 spiro atoms. The first kappa shape index (κ1) is 11.4. The van der Waals surface area contributed by atoms with E-state index in [2.05, 4.69) is 9.97 Å². The third kappa shape index (κ3) is 2.08. The van der Waals surface area contributed by atoms with Crippen LogP contribution in [-0.4, -0.2) is 17.1 Å². The summed E-state index contributed by atoms with van der Waals surface area (Å²) in [5.41, 5.74) is -2.46. The predicted molar refractivity (Wildman–Crippen MR) is 53.9 cm³/mol. The van der Waals surface area contributed by atoms with Gasteiger partial charge in [0.05, 0.1) is 18.1 Å². The normalized spacial score (nSPS) is 11.8. The van der Waals surface area contributed by atoms with Gasteiger partial charge < -0.3 is 9.72 Å². The number of hydrogen-bond acceptors (Lipinski definition) is 3. The van der Waals surface area contributed by atoms with Crippen molar-refractivity contribution in [2.24, 2.45) is 0 Å². The highest BCUT2D eigenvalue weighted by Crippen LogP contribution is 2.26. The molecule has 2 rings (SSSR count). The van der Waals surface area contributed by atoms with Crippen molar-refractivity contribution < 1.29 is 17.9 Å². The summed E-state index contributed by atoms with van der Waals surface area (Å²) >= 11 is 0. The average Bonchev–Trinajstić information content (AvgIpc) is 2.26. The van der Waals surface area contributed by atoms with Crippen molar-refractivity contribution in [2.75, 3.05) is 7.11 Å². The second-order valence-electron chi connectivity index (χ2n) is 3.30. The molecule has 0 saturated carbocycles. The Balaban J connectivity index is 2.73. The molecule has 4 nitrogen and oxygen atoms in total. The third-order valence-electron chi connectivity index (χ3n) is 2.17. The van der Waals surface area contributed by atoms with Crippen LogP contribution in [0.15, 0.2) is 23.0 Å². The van der Waals surface area contributed by atoms with Crippen molar-refractivity contribution in [3.05, 3.63) is 34.2 Å². The first-order valence-corrected chi connectivity index (χ1v) is 4.57. The molecule has 0 bridgehead atoms. The number of halogens is 3. The number of nitrogens with one attached hydrogen (secondary N) is 1. The molecule has 0 radical (unpaired) electrons. The summed E-state index contributed by atoms with van der Waals surface area (Å²) < 4.78 is 42.2. The lowest BCUT2D eigenvalue weighted by Gasteiger charge is -2.06. The fraction of sp³-hybridized carbons (Fsp3) is 0.200. The number of rotatable bonds is 1. The van der Waals surface area contributed by atoms with Gasteiger partial charge in [0.2, 0.25) is 5.69 Å². The molecule has 90 valence electrons. The molecule has 0 aliphatic rings. The summed E-state index contributed by atoms with van der Waals surface area (Å²) in [6.07, 6.45) is -4.77. The zero-order chi connectivity index (χ0) is 12.6. The summed E-state index contributed by atoms with van der Waals surface area (Å²) in [4.78, 5) is 16.6. The minimum atomic E-state index is -4.77. The molecular formula is C10H7F3N2O2. The Morgan fingerprint density at radius 1 is 1.35 bits per heavy atom. The van der Waals surface area contributed by atoms with Crippen LogP contribution in [0.3, 0.4) is 0 Å². The van der Waals surface area contributed by atoms with Crippen LogP contribution >= 0.6 is 0 Å². The molecule has 1 aromatic heterocycles. The van der Waals surface area contributed by atoms with Crippen LogP contribution in [-0.2, 0) is 6.18 Å². The molecule has 7 heteroatoms. The lowest BCUT2D eigenvalue weighted by atomic mass is 10.2. The van der Waals surface area contributed by atoms with Crippen molar-refractivity contribution in [1.29, 1.82) is 0 Å². The minimum absolute atomic E-state index is 0.0243. The van der Waals surface area contributed by atoms with Gasteiger partial charge in [0.15, 0.2) is 0 Å². The maximum Gasteiger partial charge on any atom is 0.438 e. The summed E-state index contributed by atoms with van der Waals surface area (Å²) in [5, 5.41) is 0. The van der Waals surface area contributed by atoms with Crippen LogP contribution in [0, 0.1) is 0 Å². The van der Waals surface area contributed by atoms with Crippen molar-refractivity contribution in [2.45, 2.75) is 6.18 Å². The summed E-state index contributed by atoms with van der Waals surface area (Å²) in [6, 6.07) is 4.27. The van der Waals surface area contributed by atoms with Crippen molar-refractivity contribution in [3.63, 3.8) is 0 Å². The number of aromatic amines is 1. The van der Waals surface area contributed by atoms with Crippen LogP contribution < -0.4 is 10.3 Å². The number of alkyl halides is 3. The SMILES string of the molecule is COc1ccc2[nH]c(=O)c(C(F)(F)F)nc2c1. The number of ether oxygens (including phenoxy) is 1. The van der Waals surface area contributed by atoms with E-state index in [0.29, 0.717) is 5.75 Å². The standard InChI is InChI=1S/C10H7F3N2O2/c1-17-5-2-3-6-7(4-5)14-8(9(16)15-6)10(11,12)13/h2-4H,1H3,(H,15,16). The van der Waals surface area contributed by atoms with Gasteiger partial charge >= 0.3 is 6.18 Å².